The molecule has 0 amide bonds. The molecular weight excluding hydrogens is 212 g/mol. The van der Waals surface area contributed by atoms with Crippen LogP contribution in [0, 0.1) is 0 Å². The molecule has 3 heteroatoms. The zero-order valence-corrected chi connectivity index (χ0v) is 9.54. The summed E-state index contributed by atoms with van der Waals surface area (Å²) in [6, 6.07) is 10.1. The second kappa shape index (κ2) is 5.25. The first-order chi connectivity index (χ1) is 8.35. The van der Waals surface area contributed by atoms with Gasteiger partial charge in [0.05, 0.1) is 0 Å². The summed E-state index contributed by atoms with van der Waals surface area (Å²) in [5, 5.41) is 0. The third kappa shape index (κ3) is 2.50. The fraction of sp³-hybridized carbons (Fsp3) is 0.143. The predicted molar refractivity (Wildman–Crippen MR) is 67.1 cm³/mol. The maximum Gasteiger partial charge on any atom is 0.185 e. The predicted octanol–water partition coefficient (Wildman–Crippen LogP) is 2.47. The van der Waals surface area contributed by atoms with Crippen molar-refractivity contribution < 1.29 is 4.79 Å². The van der Waals surface area contributed by atoms with E-state index in [0.717, 1.165) is 18.4 Å². The topological polar surface area (TPSA) is 34.9 Å². The average Bonchev–Trinajstić information content (AvgIpc) is 2.74. The van der Waals surface area contributed by atoms with Gasteiger partial charge in [-0.05, 0) is 5.56 Å². The number of benzene rings is 1. The Balaban J connectivity index is 2.29. The quantitative estimate of drug-likeness (QED) is 0.580. The Labute approximate surface area is 100 Å². The highest BCUT2D eigenvalue weighted by atomic mass is 16.1. The summed E-state index contributed by atoms with van der Waals surface area (Å²) in [7, 11) is 0. The molecule has 0 unspecified atom stereocenters. The van der Waals surface area contributed by atoms with E-state index in [-0.39, 0.29) is 0 Å². The summed E-state index contributed by atoms with van der Waals surface area (Å²) < 4.78 is 1.88. The molecule has 1 heterocycles. The SMILES string of the molecule is C=CCn1c(Cc2ccccc2)cnc1C=O. The van der Waals surface area contributed by atoms with Gasteiger partial charge in [0.2, 0.25) is 0 Å². The number of hydrogen-bond donors (Lipinski definition) is 0. The molecular formula is C14H14N2O. The van der Waals surface area contributed by atoms with Crippen LogP contribution in [0.25, 0.3) is 0 Å². The Morgan fingerprint density at radius 3 is 2.71 bits per heavy atom. The van der Waals surface area contributed by atoms with Crippen LogP contribution in [0.1, 0.15) is 21.9 Å². The van der Waals surface area contributed by atoms with Gasteiger partial charge in [-0.15, -0.1) is 6.58 Å². The van der Waals surface area contributed by atoms with Gasteiger partial charge >= 0.3 is 0 Å². The van der Waals surface area contributed by atoms with Gasteiger partial charge < -0.3 is 4.57 Å². The van der Waals surface area contributed by atoms with E-state index in [1.54, 1.807) is 12.3 Å². The monoisotopic (exact) mass is 226 g/mol. The summed E-state index contributed by atoms with van der Waals surface area (Å²) in [6.45, 7) is 4.30. The van der Waals surface area contributed by atoms with Gasteiger partial charge in [-0.2, -0.15) is 0 Å². The van der Waals surface area contributed by atoms with Crippen LogP contribution in [0.15, 0.2) is 49.2 Å². The number of aldehydes is 1. The van der Waals surface area contributed by atoms with Gasteiger partial charge in [0.1, 0.15) is 0 Å². The Kier molecular flexibility index (Phi) is 3.50. The fourth-order valence-corrected chi connectivity index (χ4v) is 1.81. The van der Waals surface area contributed by atoms with E-state index in [4.69, 9.17) is 0 Å². The number of allylic oxidation sites excluding steroid dienone is 1. The molecule has 2 rings (SSSR count). The van der Waals surface area contributed by atoms with E-state index in [0.29, 0.717) is 12.4 Å². The van der Waals surface area contributed by atoms with Crippen molar-refractivity contribution in [2.24, 2.45) is 0 Å². The van der Waals surface area contributed by atoms with Crippen LogP contribution in [0.2, 0.25) is 0 Å². The molecule has 17 heavy (non-hydrogen) atoms. The van der Waals surface area contributed by atoms with Gasteiger partial charge in [0.25, 0.3) is 0 Å². The van der Waals surface area contributed by atoms with Crippen LogP contribution in [-0.4, -0.2) is 15.8 Å². The molecule has 86 valence electrons. The van der Waals surface area contributed by atoms with Crippen molar-refractivity contribution in [1.29, 1.82) is 0 Å². The van der Waals surface area contributed by atoms with Crippen LogP contribution in [0.4, 0.5) is 0 Å². The van der Waals surface area contributed by atoms with E-state index in [1.165, 1.54) is 5.56 Å². The Hall–Kier alpha value is -2.16. The lowest BCUT2D eigenvalue weighted by Crippen LogP contribution is -2.06. The molecule has 0 aliphatic rings. The number of carbonyl (C=O) groups is 1. The number of nitrogens with zero attached hydrogens (tertiary/aromatic N) is 2. The first-order valence-electron chi connectivity index (χ1n) is 5.49. The van der Waals surface area contributed by atoms with E-state index >= 15 is 0 Å². The lowest BCUT2D eigenvalue weighted by Gasteiger charge is -2.06. The highest BCUT2D eigenvalue weighted by Gasteiger charge is 2.08. The van der Waals surface area contributed by atoms with Crippen molar-refractivity contribution in [1.82, 2.24) is 9.55 Å². The van der Waals surface area contributed by atoms with Crippen molar-refractivity contribution in [3.8, 4) is 0 Å². The number of aromatic nitrogens is 2. The molecule has 1 aromatic carbocycles. The Morgan fingerprint density at radius 2 is 2.06 bits per heavy atom. The highest BCUT2D eigenvalue weighted by Crippen LogP contribution is 2.11. The van der Waals surface area contributed by atoms with Gasteiger partial charge in [0.15, 0.2) is 12.1 Å². The van der Waals surface area contributed by atoms with Gasteiger partial charge in [-0.3, -0.25) is 4.79 Å². The zero-order chi connectivity index (χ0) is 12.1. The lowest BCUT2D eigenvalue weighted by atomic mass is 10.1. The van der Waals surface area contributed by atoms with Crippen molar-refractivity contribution in [2.45, 2.75) is 13.0 Å². The van der Waals surface area contributed by atoms with E-state index in [1.807, 2.05) is 22.8 Å². The molecule has 3 nitrogen and oxygen atoms in total. The number of rotatable bonds is 5. The van der Waals surface area contributed by atoms with Crippen molar-refractivity contribution in [2.75, 3.05) is 0 Å². The molecule has 0 aliphatic heterocycles. The summed E-state index contributed by atoms with van der Waals surface area (Å²) in [5.41, 5.74) is 2.23. The number of hydrogen-bond acceptors (Lipinski definition) is 2. The molecule has 0 saturated carbocycles. The highest BCUT2D eigenvalue weighted by molar-refractivity contribution is 5.69. The molecule has 0 aliphatic carbocycles. The molecule has 0 bridgehead atoms. The smallest absolute Gasteiger partial charge is 0.185 e. The van der Waals surface area contributed by atoms with E-state index in [2.05, 4.69) is 23.7 Å². The Morgan fingerprint density at radius 1 is 1.29 bits per heavy atom. The van der Waals surface area contributed by atoms with E-state index < -0.39 is 0 Å². The first-order valence-corrected chi connectivity index (χ1v) is 5.49. The maximum absolute atomic E-state index is 10.9. The molecule has 0 radical (unpaired) electrons. The minimum absolute atomic E-state index is 0.454. The minimum atomic E-state index is 0.454. The second-order valence-corrected chi connectivity index (χ2v) is 3.79. The van der Waals surface area contributed by atoms with Gasteiger partial charge in [-0.25, -0.2) is 4.98 Å². The third-order valence-corrected chi connectivity index (χ3v) is 2.61. The van der Waals surface area contributed by atoms with Crippen LogP contribution in [0.5, 0.6) is 0 Å². The van der Waals surface area contributed by atoms with Gasteiger partial charge in [-0.1, -0.05) is 36.4 Å². The van der Waals surface area contributed by atoms with Gasteiger partial charge in [0, 0.05) is 24.9 Å². The lowest BCUT2D eigenvalue weighted by molar-refractivity contribution is 0.111. The largest absolute Gasteiger partial charge is 0.322 e. The average molecular weight is 226 g/mol. The van der Waals surface area contributed by atoms with Crippen molar-refractivity contribution in [3.05, 3.63) is 66.3 Å². The normalized spacial score (nSPS) is 10.1. The standard InChI is InChI=1S/C14H14N2O/c1-2-8-16-13(10-15-14(16)11-17)9-12-6-4-3-5-7-12/h2-7,10-11H,1,8-9H2. The molecule has 0 fully saturated rings. The molecule has 0 atom stereocenters. The molecule has 0 N–H and O–H groups in total. The summed E-state index contributed by atoms with van der Waals surface area (Å²) in [6.07, 6.45) is 5.07. The minimum Gasteiger partial charge on any atom is -0.322 e. The first kappa shape index (κ1) is 11.3. The number of carbonyl (C=O) groups excluding carboxylic acids is 1. The number of imidazole rings is 1. The maximum atomic E-state index is 10.9. The van der Waals surface area contributed by atoms with Crippen LogP contribution < -0.4 is 0 Å². The second-order valence-electron chi connectivity index (χ2n) is 3.79. The zero-order valence-electron chi connectivity index (χ0n) is 9.54. The van der Waals surface area contributed by atoms with Crippen LogP contribution in [-0.2, 0) is 13.0 Å². The van der Waals surface area contributed by atoms with Crippen LogP contribution in [0.3, 0.4) is 0 Å². The molecule has 2 aromatic rings. The third-order valence-electron chi connectivity index (χ3n) is 2.61. The van der Waals surface area contributed by atoms with E-state index in [9.17, 15) is 4.79 Å². The Bertz CT molecular complexity index is 514. The van der Waals surface area contributed by atoms with Crippen molar-refractivity contribution in [3.63, 3.8) is 0 Å². The summed E-state index contributed by atoms with van der Waals surface area (Å²) in [5.74, 6) is 0.454. The molecule has 0 saturated heterocycles. The summed E-state index contributed by atoms with van der Waals surface area (Å²) in [4.78, 5) is 14.9. The fourth-order valence-electron chi connectivity index (χ4n) is 1.81. The molecule has 0 spiro atoms. The summed E-state index contributed by atoms with van der Waals surface area (Å²) >= 11 is 0. The molecule has 1 aromatic heterocycles. The van der Waals surface area contributed by atoms with Crippen molar-refractivity contribution >= 4 is 6.29 Å². The van der Waals surface area contributed by atoms with Crippen LogP contribution >= 0.6 is 0 Å².